The standard InChI is InChI=1S/C10H11NO2S.ClH/c12-14(13)7-6-10(8-14)11-9-4-2-1-3-5-9;/h1-7,10-11H,8H2;1H. The van der Waals surface area contributed by atoms with E-state index in [2.05, 4.69) is 5.32 Å². The summed E-state index contributed by atoms with van der Waals surface area (Å²) in [5, 5.41) is 4.40. The molecule has 15 heavy (non-hydrogen) atoms. The summed E-state index contributed by atoms with van der Waals surface area (Å²) in [7, 11) is -2.96. The number of para-hydroxylation sites is 1. The molecule has 5 heteroatoms. The van der Waals surface area contributed by atoms with Gasteiger partial charge in [-0.25, -0.2) is 8.42 Å². The minimum atomic E-state index is -2.96. The van der Waals surface area contributed by atoms with Gasteiger partial charge in [0.25, 0.3) is 0 Å². The smallest absolute Gasteiger partial charge is 0.173 e. The molecule has 82 valence electrons. The largest absolute Gasteiger partial charge is 0.378 e. The van der Waals surface area contributed by atoms with Crippen LogP contribution in [0.5, 0.6) is 0 Å². The van der Waals surface area contributed by atoms with Crippen LogP contribution in [0.4, 0.5) is 5.69 Å². The monoisotopic (exact) mass is 245 g/mol. The number of nitrogens with one attached hydrogen (secondary N) is 1. The highest BCUT2D eigenvalue weighted by atomic mass is 35.5. The number of hydrogen-bond donors (Lipinski definition) is 1. The Morgan fingerprint density at radius 2 is 1.87 bits per heavy atom. The van der Waals surface area contributed by atoms with Crippen molar-refractivity contribution in [2.24, 2.45) is 0 Å². The summed E-state index contributed by atoms with van der Waals surface area (Å²) >= 11 is 0. The first-order valence-corrected chi connectivity index (χ1v) is 6.10. The average molecular weight is 246 g/mol. The molecule has 0 bridgehead atoms. The van der Waals surface area contributed by atoms with Gasteiger partial charge in [-0.3, -0.25) is 0 Å². The number of halogens is 1. The molecule has 0 fully saturated rings. The lowest BCUT2D eigenvalue weighted by molar-refractivity contribution is 0.605. The first kappa shape index (κ1) is 12.1. The van der Waals surface area contributed by atoms with Gasteiger partial charge in [-0.15, -0.1) is 12.4 Å². The summed E-state index contributed by atoms with van der Waals surface area (Å²) in [5.74, 6) is 0.155. The molecule has 1 aliphatic heterocycles. The summed E-state index contributed by atoms with van der Waals surface area (Å²) in [5.41, 5.74) is 0.944. The van der Waals surface area contributed by atoms with E-state index >= 15 is 0 Å². The Hall–Kier alpha value is -1.00. The molecular weight excluding hydrogens is 234 g/mol. The third kappa shape index (κ3) is 3.25. The Balaban J connectivity index is 0.00000112. The predicted octanol–water partition coefficient (Wildman–Crippen LogP) is 1.83. The zero-order chi connectivity index (χ0) is 10.0. The Bertz CT molecular complexity index is 442. The van der Waals surface area contributed by atoms with Crippen LogP contribution in [0.3, 0.4) is 0 Å². The Kier molecular flexibility index (Phi) is 3.77. The summed E-state index contributed by atoms with van der Waals surface area (Å²) < 4.78 is 22.2. The topological polar surface area (TPSA) is 46.2 Å². The van der Waals surface area contributed by atoms with Crippen molar-refractivity contribution in [2.75, 3.05) is 11.1 Å². The molecule has 1 unspecified atom stereocenters. The van der Waals surface area contributed by atoms with Crippen LogP contribution in [0.2, 0.25) is 0 Å². The van der Waals surface area contributed by atoms with Gasteiger partial charge in [-0.1, -0.05) is 24.3 Å². The zero-order valence-electron chi connectivity index (χ0n) is 7.96. The van der Waals surface area contributed by atoms with E-state index in [9.17, 15) is 8.42 Å². The summed E-state index contributed by atoms with van der Waals surface area (Å²) in [6.07, 6.45) is 1.68. The highest BCUT2D eigenvalue weighted by Gasteiger charge is 2.20. The van der Waals surface area contributed by atoms with E-state index < -0.39 is 9.84 Å². The molecule has 1 heterocycles. The SMILES string of the molecule is Cl.O=S1(=O)C=CC(Nc2ccccc2)C1. The lowest BCUT2D eigenvalue weighted by Crippen LogP contribution is -2.20. The van der Waals surface area contributed by atoms with Crippen LogP contribution in [0.1, 0.15) is 0 Å². The fraction of sp³-hybridized carbons (Fsp3) is 0.200. The van der Waals surface area contributed by atoms with Crippen molar-refractivity contribution in [1.29, 1.82) is 0 Å². The average Bonchev–Trinajstić information content (AvgIpc) is 2.47. The minimum Gasteiger partial charge on any atom is -0.378 e. The Labute approximate surface area is 95.5 Å². The number of sulfone groups is 1. The molecule has 0 aromatic heterocycles. The van der Waals surface area contributed by atoms with Gasteiger partial charge < -0.3 is 5.32 Å². The van der Waals surface area contributed by atoms with Crippen LogP contribution < -0.4 is 5.32 Å². The fourth-order valence-corrected chi connectivity index (χ4v) is 2.65. The van der Waals surface area contributed by atoms with Crippen LogP contribution in [-0.2, 0) is 9.84 Å². The van der Waals surface area contributed by atoms with E-state index in [1.807, 2.05) is 30.3 Å². The number of anilines is 1. The zero-order valence-corrected chi connectivity index (χ0v) is 9.59. The van der Waals surface area contributed by atoms with E-state index in [-0.39, 0.29) is 24.2 Å². The van der Waals surface area contributed by atoms with E-state index in [0.717, 1.165) is 5.69 Å². The molecule has 2 rings (SSSR count). The number of benzene rings is 1. The van der Waals surface area contributed by atoms with Gasteiger partial charge in [0, 0.05) is 11.1 Å². The van der Waals surface area contributed by atoms with Gasteiger partial charge in [0.1, 0.15) is 0 Å². The number of hydrogen-bond acceptors (Lipinski definition) is 3. The van der Waals surface area contributed by atoms with Crippen molar-refractivity contribution in [3.8, 4) is 0 Å². The normalized spacial score (nSPS) is 22.0. The molecule has 1 aromatic rings. The maximum Gasteiger partial charge on any atom is 0.173 e. The lowest BCUT2D eigenvalue weighted by Gasteiger charge is -2.10. The molecule has 0 saturated carbocycles. The van der Waals surface area contributed by atoms with Gasteiger partial charge >= 0.3 is 0 Å². The first-order valence-electron chi connectivity index (χ1n) is 4.38. The van der Waals surface area contributed by atoms with Crippen molar-refractivity contribution in [3.05, 3.63) is 41.8 Å². The molecule has 0 radical (unpaired) electrons. The van der Waals surface area contributed by atoms with Crippen molar-refractivity contribution < 1.29 is 8.42 Å². The Morgan fingerprint density at radius 3 is 2.40 bits per heavy atom. The molecule has 1 N–H and O–H groups in total. The summed E-state index contributed by atoms with van der Waals surface area (Å²) in [6.45, 7) is 0. The van der Waals surface area contributed by atoms with Crippen LogP contribution in [-0.4, -0.2) is 20.2 Å². The van der Waals surface area contributed by atoms with Gasteiger partial charge in [-0.2, -0.15) is 0 Å². The predicted molar refractivity (Wildman–Crippen MR) is 64.0 cm³/mol. The molecule has 1 atom stereocenters. The second-order valence-electron chi connectivity index (χ2n) is 3.27. The lowest BCUT2D eigenvalue weighted by atomic mass is 10.2. The van der Waals surface area contributed by atoms with Crippen LogP contribution in [0.15, 0.2) is 41.8 Å². The highest BCUT2D eigenvalue weighted by Crippen LogP contribution is 2.14. The molecule has 1 aliphatic rings. The first-order chi connectivity index (χ1) is 6.66. The van der Waals surface area contributed by atoms with Crippen molar-refractivity contribution in [3.63, 3.8) is 0 Å². The second-order valence-corrected chi connectivity index (χ2v) is 5.21. The molecule has 0 amide bonds. The maximum atomic E-state index is 11.1. The van der Waals surface area contributed by atoms with Crippen LogP contribution in [0, 0.1) is 0 Å². The van der Waals surface area contributed by atoms with Gasteiger partial charge in [0.2, 0.25) is 0 Å². The third-order valence-corrected chi connectivity index (χ3v) is 3.45. The quantitative estimate of drug-likeness (QED) is 0.865. The molecule has 0 spiro atoms. The highest BCUT2D eigenvalue weighted by molar-refractivity contribution is 7.94. The van der Waals surface area contributed by atoms with E-state index in [1.165, 1.54) is 5.41 Å². The molecule has 0 aliphatic carbocycles. The fourth-order valence-electron chi connectivity index (χ4n) is 1.41. The molecule has 1 aromatic carbocycles. The summed E-state index contributed by atoms with van der Waals surface area (Å²) in [6, 6.07) is 9.48. The summed E-state index contributed by atoms with van der Waals surface area (Å²) in [4.78, 5) is 0. The number of rotatable bonds is 2. The third-order valence-electron chi connectivity index (χ3n) is 2.06. The van der Waals surface area contributed by atoms with Gasteiger partial charge in [-0.05, 0) is 12.1 Å². The van der Waals surface area contributed by atoms with Crippen molar-refractivity contribution in [2.45, 2.75) is 6.04 Å². The molecule has 0 saturated heterocycles. The van der Waals surface area contributed by atoms with E-state index in [1.54, 1.807) is 6.08 Å². The molecule has 3 nitrogen and oxygen atoms in total. The van der Waals surface area contributed by atoms with Crippen molar-refractivity contribution in [1.82, 2.24) is 0 Å². The second kappa shape index (κ2) is 4.68. The van der Waals surface area contributed by atoms with Crippen LogP contribution in [0.25, 0.3) is 0 Å². The van der Waals surface area contributed by atoms with Crippen LogP contribution >= 0.6 is 12.4 Å². The van der Waals surface area contributed by atoms with Gasteiger partial charge in [0.15, 0.2) is 9.84 Å². The maximum absolute atomic E-state index is 11.1. The van der Waals surface area contributed by atoms with Gasteiger partial charge in [0.05, 0.1) is 11.8 Å². The van der Waals surface area contributed by atoms with Crippen molar-refractivity contribution >= 4 is 27.9 Å². The minimum absolute atomic E-state index is 0. The van der Waals surface area contributed by atoms with E-state index in [4.69, 9.17) is 0 Å². The Morgan fingerprint density at radius 1 is 1.20 bits per heavy atom. The molecular formula is C10H12ClNO2S. The van der Waals surface area contributed by atoms with E-state index in [0.29, 0.717) is 0 Å².